The van der Waals surface area contributed by atoms with Crippen LogP contribution < -0.4 is 18.9 Å². The Morgan fingerprint density at radius 1 is 0.339 bits per heavy atom. The van der Waals surface area contributed by atoms with E-state index >= 15 is 0 Å². The smallest absolute Gasteiger partial charge is 0.194 e. The number of benzene rings is 6. The zero-order chi connectivity index (χ0) is 77.6. The van der Waals surface area contributed by atoms with Gasteiger partial charge in [0, 0.05) is 54.3 Å². The van der Waals surface area contributed by atoms with Crippen molar-refractivity contribution in [3.8, 4) is 66.8 Å². The van der Waals surface area contributed by atoms with Crippen LogP contribution in [0.5, 0.6) is 23.0 Å². The minimum Gasteiger partial charge on any atom is -0.494 e. The molecule has 0 unspecified atom stereocenters. The van der Waals surface area contributed by atoms with Gasteiger partial charge in [-0.15, -0.1) is 45.3 Å². The molecule has 10 nitrogen and oxygen atoms in total. The van der Waals surface area contributed by atoms with Gasteiger partial charge in [-0.3, -0.25) is 9.59 Å². The molecule has 0 N–H and O–H groups in total. The van der Waals surface area contributed by atoms with E-state index in [0.29, 0.717) is 71.0 Å². The quantitative estimate of drug-likeness (QED) is 0.0206. The van der Waals surface area contributed by atoms with Gasteiger partial charge in [0.25, 0.3) is 0 Å². The molecule has 0 saturated carbocycles. The molecule has 4 heterocycles. The molecule has 568 valence electrons. The zero-order valence-electron chi connectivity index (χ0n) is 64.8. The van der Waals surface area contributed by atoms with Gasteiger partial charge in [-0.05, 0) is 143 Å². The van der Waals surface area contributed by atoms with E-state index in [4.69, 9.17) is 18.9 Å². The second-order valence-electron chi connectivity index (χ2n) is 29.9. The summed E-state index contributed by atoms with van der Waals surface area (Å²) in [6.45, 7) is 11.2. The van der Waals surface area contributed by atoms with Crippen molar-refractivity contribution >= 4 is 89.6 Å². The van der Waals surface area contributed by atoms with E-state index in [1.165, 1.54) is 77.0 Å². The number of unbranched alkanes of at least 4 members (excludes halogenated alkanes) is 20. The highest BCUT2D eigenvalue weighted by Crippen LogP contribution is 2.71. The highest BCUT2D eigenvalue weighted by molar-refractivity contribution is 7.34. The highest BCUT2D eigenvalue weighted by atomic mass is 32.1. The van der Waals surface area contributed by atoms with Crippen LogP contribution in [0.25, 0.3) is 52.2 Å². The summed E-state index contributed by atoms with van der Waals surface area (Å²) in [6, 6.07) is 62.4. The van der Waals surface area contributed by atoms with Gasteiger partial charge < -0.3 is 18.9 Å². The number of allylic oxidation sites excluding steroid dienone is 6. The fourth-order valence-corrected chi connectivity index (χ4v) is 22.9. The number of thiophene rings is 4. The molecule has 0 amide bonds. The summed E-state index contributed by atoms with van der Waals surface area (Å²) < 4.78 is 29.8. The Balaban J connectivity index is 1.04. The minimum absolute atomic E-state index is 0.120. The lowest BCUT2D eigenvalue weighted by atomic mass is 9.67. The minimum atomic E-state index is -1.07. The summed E-state index contributed by atoms with van der Waals surface area (Å²) in [7, 11) is 0. The Hall–Kier alpha value is -10.2. The fraction of sp³-hybridized carbons (Fsp3) is 0.347. The number of ether oxygens (including phenoxy) is 4. The number of nitriles is 4. The predicted octanol–water partition coefficient (Wildman–Crippen LogP) is 26.9. The number of rotatable bonds is 38. The van der Waals surface area contributed by atoms with Gasteiger partial charge in [-0.2, -0.15) is 21.0 Å². The lowest BCUT2D eigenvalue weighted by Crippen LogP contribution is -2.29. The normalized spacial score (nSPS) is 14.5. The Kier molecular flexibility index (Phi) is 25.6. The first kappa shape index (κ1) is 78.5. The van der Waals surface area contributed by atoms with Crippen LogP contribution in [0.2, 0.25) is 0 Å². The topological polar surface area (TPSA) is 166 Å². The predicted molar refractivity (Wildman–Crippen MR) is 459 cm³/mol. The van der Waals surface area contributed by atoms with Crippen molar-refractivity contribution < 1.29 is 28.5 Å². The highest BCUT2D eigenvalue weighted by Gasteiger charge is 2.56. The number of hydrogen-bond acceptors (Lipinski definition) is 14. The van der Waals surface area contributed by atoms with E-state index in [1.54, 1.807) is 57.5 Å². The zero-order valence-corrected chi connectivity index (χ0v) is 68.1. The Morgan fingerprint density at radius 2 is 0.625 bits per heavy atom. The second kappa shape index (κ2) is 36.5. The Morgan fingerprint density at radius 3 is 0.920 bits per heavy atom. The molecule has 0 radical (unpaired) electrons. The van der Waals surface area contributed by atoms with Gasteiger partial charge in [0.2, 0.25) is 0 Å². The summed E-state index contributed by atoms with van der Waals surface area (Å²) in [6.07, 6.45) is 30.9. The van der Waals surface area contributed by atoms with Crippen molar-refractivity contribution in [1.82, 2.24) is 0 Å². The lowest BCUT2D eigenvalue weighted by molar-refractivity contribution is 0.103. The van der Waals surface area contributed by atoms with Crippen LogP contribution in [-0.4, -0.2) is 38.0 Å². The average molecular weight is 1550 g/mol. The number of Topliss-reactive ketones (excluding diaryl/α,β-unsaturated/α-hetero) is 2. The summed E-state index contributed by atoms with van der Waals surface area (Å²) >= 11 is 6.84. The monoisotopic (exact) mass is 1550 g/mol. The maximum atomic E-state index is 15.0. The van der Waals surface area contributed by atoms with E-state index in [9.17, 15) is 30.6 Å². The van der Waals surface area contributed by atoms with Crippen LogP contribution in [0.1, 0.15) is 268 Å². The second-order valence-corrected chi connectivity index (χ2v) is 34.2. The molecule has 0 saturated heterocycles. The summed E-state index contributed by atoms with van der Waals surface area (Å²) in [5.41, 5.74) is 9.24. The molecular formula is C98H96N4O6S4. The van der Waals surface area contributed by atoms with E-state index in [-0.39, 0.29) is 22.7 Å². The van der Waals surface area contributed by atoms with Crippen molar-refractivity contribution in [1.29, 1.82) is 21.0 Å². The Bertz CT molecular complexity index is 4980. The molecule has 0 atom stereocenters. The van der Waals surface area contributed by atoms with Crippen molar-refractivity contribution in [2.24, 2.45) is 0 Å². The first-order valence-electron chi connectivity index (χ1n) is 40.7. The molecule has 0 fully saturated rings. The molecule has 4 aliphatic rings. The third-order valence-corrected chi connectivity index (χ3v) is 27.6. The molecule has 0 bridgehead atoms. The van der Waals surface area contributed by atoms with E-state index in [0.717, 1.165) is 183 Å². The van der Waals surface area contributed by atoms with Crippen molar-refractivity contribution in [3.05, 3.63) is 257 Å². The van der Waals surface area contributed by atoms with Crippen LogP contribution in [0, 0.1) is 45.3 Å². The molecule has 6 aromatic carbocycles. The molecule has 14 rings (SSSR count). The summed E-state index contributed by atoms with van der Waals surface area (Å²) in [4.78, 5) is 35.8. The number of hydrogen-bond donors (Lipinski definition) is 0. The number of fused-ring (bicyclic) bond motifs is 11. The molecule has 4 aliphatic carbocycles. The molecule has 4 aromatic heterocycles. The van der Waals surface area contributed by atoms with E-state index in [1.807, 2.05) is 48.6 Å². The van der Waals surface area contributed by atoms with Crippen LogP contribution in [0.15, 0.2) is 180 Å². The molecule has 112 heavy (non-hydrogen) atoms. The first-order valence-corrected chi connectivity index (χ1v) is 44.0. The van der Waals surface area contributed by atoms with Crippen molar-refractivity contribution in [2.75, 3.05) is 26.4 Å². The fourth-order valence-electron chi connectivity index (χ4n) is 17.1. The SMILES string of the molecule is CCCCCCCCOc1cccc(C2(c3cccc(OCCCCCCCC)c3)c3cc(/C=C4\C(=O)c5ccccc5C4=C(C#N)C#N)sc3-c3sc4c5c(sc4c32)-c2sc(/C=C3\C(=O)c4ccccc4C3=C(C#N)C#N)cc2C5(c2cccc(OCCCCCCCC)c2)c2cccc(OCCCCCCCC)c2)c1. The lowest BCUT2D eigenvalue weighted by Gasteiger charge is -2.34. The number of nitrogens with zero attached hydrogens (tertiary/aromatic N) is 4. The standard InChI is InChI=1S/C98H96N4O6S4/c1-5-9-13-17-21-29-49-105-71-41-33-37-67(53-71)97(68-38-34-42-72(54-68)106-50-30-22-18-14-10-6-2)83-59-75(57-81-85(65(61-99)62-100)77-45-25-27-47-79(77)89(81)103)109-91(83)93-87(97)95-96(111-93)88-94(112-95)92-84(60-76(110-92)58-82-86(66(63-101)64-102)78-46-26-28-48-80(78)90(82)104)98(88,69-39-35-43-73(55-69)107-51-31-23-19-15-11-7-3)70-40-36-44-74(56-70)108-52-32-24-20-16-12-8-4/h25-28,33-48,53-60H,5-24,29-32,49-52H2,1-4H3/b81-57-,82-58-. The molecule has 0 aliphatic heterocycles. The number of carbonyl (C=O) groups is 2. The van der Waals surface area contributed by atoms with Crippen molar-refractivity contribution in [2.45, 2.75) is 193 Å². The maximum absolute atomic E-state index is 15.0. The van der Waals surface area contributed by atoms with Crippen molar-refractivity contribution in [3.63, 3.8) is 0 Å². The summed E-state index contributed by atoms with van der Waals surface area (Å²) in [5, 5.41) is 42.5. The van der Waals surface area contributed by atoms with Crippen LogP contribution >= 0.6 is 45.3 Å². The summed E-state index contributed by atoms with van der Waals surface area (Å²) in [5.74, 6) is 2.57. The van der Waals surface area contributed by atoms with Gasteiger partial charge in [0.05, 0.1) is 66.2 Å². The molecule has 10 aromatic rings. The largest absolute Gasteiger partial charge is 0.494 e. The third-order valence-electron chi connectivity index (χ3n) is 22.6. The van der Waals surface area contributed by atoms with Crippen LogP contribution in [-0.2, 0) is 10.8 Å². The molecule has 14 heteroatoms. The van der Waals surface area contributed by atoms with Gasteiger partial charge in [-0.25, -0.2) is 0 Å². The van der Waals surface area contributed by atoms with Crippen LogP contribution in [0.3, 0.4) is 0 Å². The van der Waals surface area contributed by atoms with Gasteiger partial charge in [-0.1, -0.05) is 253 Å². The van der Waals surface area contributed by atoms with Gasteiger partial charge in [0.1, 0.15) is 58.4 Å². The average Bonchev–Trinajstić information content (AvgIpc) is 1.48. The molecule has 0 spiro atoms. The number of carbonyl (C=O) groups excluding carboxylic acids is 2. The third kappa shape index (κ3) is 15.4. The maximum Gasteiger partial charge on any atom is 0.194 e. The van der Waals surface area contributed by atoms with Crippen LogP contribution in [0.4, 0.5) is 0 Å². The first-order chi connectivity index (χ1) is 55.1. The van der Waals surface area contributed by atoms with Gasteiger partial charge in [0.15, 0.2) is 11.6 Å². The van der Waals surface area contributed by atoms with E-state index < -0.39 is 10.8 Å². The number of ketones is 2. The molecular weight excluding hydrogens is 1460 g/mol. The van der Waals surface area contributed by atoms with Gasteiger partial charge >= 0.3 is 0 Å². The van der Waals surface area contributed by atoms with E-state index in [2.05, 4.69) is 161 Å². The Labute approximate surface area is 676 Å².